The molecule has 4 nitrogen and oxygen atoms in total. The molecule has 2 rings (SSSR count). The van der Waals surface area contributed by atoms with E-state index >= 15 is 0 Å². The summed E-state index contributed by atoms with van der Waals surface area (Å²) in [6.07, 6.45) is 29.2. The summed E-state index contributed by atoms with van der Waals surface area (Å²) in [5, 5.41) is 8.57. The van der Waals surface area contributed by atoms with E-state index in [1.165, 1.54) is 38.5 Å². The Labute approximate surface area is 175 Å². The summed E-state index contributed by atoms with van der Waals surface area (Å²) in [6.45, 7) is 2.20. The van der Waals surface area contributed by atoms with Crippen LogP contribution in [0.25, 0.3) is 0 Å². The maximum atomic E-state index is 10.4. The van der Waals surface area contributed by atoms with Crippen molar-refractivity contribution >= 4 is 5.97 Å². The third-order valence-corrected chi connectivity index (χ3v) is 5.61. The lowest BCUT2D eigenvalue weighted by Crippen LogP contribution is -2.22. The molecule has 1 fully saturated rings. The second-order valence-corrected chi connectivity index (χ2v) is 7.87. The first kappa shape index (κ1) is 23.2. The molecule has 0 radical (unpaired) electrons. The van der Waals surface area contributed by atoms with Gasteiger partial charge in [0.15, 0.2) is 0 Å². The maximum Gasteiger partial charge on any atom is 0.328 e. The zero-order valence-corrected chi connectivity index (χ0v) is 17.6. The quantitative estimate of drug-likeness (QED) is 0.223. The van der Waals surface area contributed by atoms with Crippen molar-refractivity contribution in [2.45, 2.75) is 77.1 Å². The fourth-order valence-electron chi connectivity index (χ4n) is 4.17. The Hall–Kier alpha value is -2.07. The lowest BCUT2D eigenvalue weighted by Gasteiger charge is -2.23. The van der Waals surface area contributed by atoms with Crippen molar-refractivity contribution in [2.75, 3.05) is 0 Å². The zero-order valence-electron chi connectivity index (χ0n) is 17.6. The van der Waals surface area contributed by atoms with Gasteiger partial charge in [-0.3, -0.25) is 0 Å². The minimum atomic E-state index is -0.916. The second kappa shape index (κ2) is 14.0. The third-order valence-electron chi connectivity index (χ3n) is 5.61. The van der Waals surface area contributed by atoms with Crippen molar-refractivity contribution < 1.29 is 19.4 Å². The molecule has 1 aliphatic carbocycles. The van der Waals surface area contributed by atoms with Gasteiger partial charge in [-0.1, -0.05) is 69.1 Å². The van der Waals surface area contributed by atoms with Crippen molar-refractivity contribution in [2.24, 2.45) is 11.8 Å². The number of carbonyl (C=O) groups is 1. The molecule has 1 saturated carbocycles. The summed E-state index contributed by atoms with van der Waals surface area (Å²) < 4.78 is 11.6. The van der Waals surface area contributed by atoms with Crippen molar-refractivity contribution in [3.63, 3.8) is 0 Å². The highest BCUT2D eigenvalue weighted by atomic mass is 16.7. The molecule has 2 aliphatic rings. The fraction of sp³-hybridized carbons (Fsp3) is 0.560. The predicted molar refractivity (Wildman–Crippen MR) is 117 cm³/mol. The average molecular weight is 401 g/mol. The number of carboxylic acid groups (broad SMARTS) is 1. The van der Waals surface area contributed by atoms with Gasteiger partial charge in [-0.15, -0.1) is 0 Å². The highest BCUT2D eigenvalue weighted by molar-refractivity contribution is 5.80. The Balaban J connectivity index is 1.67. The summed E-state index contributed by atoms with van der Waals surface area (Å²) in [7, 11) is 0. The number of hydrogen-bond donors (Lipinski definition) is 1. The van der Waals surface area contributed by atoms with E-state index in [0.29, 0.717) is 5.92 Å². The summed E-state index contributed by atoms with van der Waals surface area (Å²) >= 11 is 0. The molecule has 1 N–H and O–H groups in total. The molecule has 0 aromatic heterocycles. The van der Waals surface area contributed by atoms with E-state index in [0.717, 1.165) is 31.3 Å². The molecule has 0 aromatic rings. The van der Waals surface area contributed by atoms with Gasteiger partial charge in [-0.25, -0.2) is 4.79 Å². The predicted octanol–water partition coefficient (Wildman–Crippen LogP) is 6.33. The zero-order chi connectivity index (χ0) is 20.7. The molecule has 4 atom stereocenters. The van der Waals surface area contributed by atoms with E-state index in [9.17, 15) is 4.79 Å². The summed E-state index contributed by atoms with van der Waals surface area (Å²) in [5.41, 5.74) is 0. The number of rotatable bonds is 13. The van der Waals surface area contributed by atoms with E-state index in [1.54, 1.807) is 18.4 Å². The van der Waals surface area contributed by atoms with Crippen LogP contribution in [-0.4, -0.2) is 23.5 Å². The lowest BCUT2D eigenvalue weighted by atomic mass is 9.90. The van der Waals surface area contributed by atoms with Crippen molar-refractivity contribution in [1.82, 2.24) is 0 Å². The monoisotopic (exact) mass is 400 g/mol. The van der Waals surface area contributed by atoms with E-state index in [-0.39, 0.29) is 12.4 Å². The van der Waals surface area contributed by atoms with E-state index < -0.39 is 5.97 Å². The molecule has 1 heterocycles. The highest BCUT2D eigenvalue weighted by Gasteiger charge is 2.24. The Bertz CT molecular complexity index is 614. The molecule has 0 aromatic carbocycles. The topological polar surface area (TPSA) is 55.8 Å². The second-order valence-electron chi connectivity index (χ2n) is 7.87. The minimum Gasteiger partial charge on any atom is -0.478 e. The molecule has 0 spiro atoms. The number of aliphatic carboxylic acids is 1. The van der Waals surface area contributed by atoms with Crippen molar-refractivity contribution in [1.29, 1.82) is 0 Å². The normalized spacial score (nSPS) is 25.3. The maximum absolute atomic E-state index is 10.4. The number of allylic oxidation sites excluding steroid dienone is 7. The van der Waals surface area contributed by atoms with Crippen LogP contribution in [0.4, 0.5) is 0 Å². The number of ether oxygens (including phenoxy) is 2. The smallest absolute Gasteiger partial charge is 0.328 e. The summed E-state index contributed by atoms with van der Waals surface area (Å²) in [4.78, 5) is 10.4. The van der Waals surface area contributed by atoms with Crippen LogP contribution in [0.1, 0.15) is 64.7 Å². The summed E-state index contributed by atoms with van der Waals surface area (Å²) in [5.74, 6) is 0.508. The Kier molecular flexibility index (Phi) is 11.2. The Morgan fingerprint density at radius 3 is 2.79 bits per heavy atom. The van der Waals surface area contributed by atoms with Crippen LogP contribution in [0, 0.1) is 11.8 Å². The van der Waals surface area contributed by atoms with Gasteiger partial charge >= 0.3 is 5.97 Å². The molecular weight excluding hydrogens is 364 g/mol. The third kappa shape index (κ3) is 9.80. The van der Waals surface area contributed by atoms with Crippen LogP contribution in [-0.2, 0) is 14.3 Å². The first-order valence-electron chi connectivity index (χ1n) is 11.1. The average Bonchev–Trinajstić information content (AvgIpc) is 3.16. The van der Waals surface area contributed by atoms with Gasteiger partial charge in [0.05, 0.1) is 12.4 Å². The first-order chi connectivity index (χ1) is 14.2. The molecule has 160 valence electrons. The standard InChI is InChI=1S/C25H36O4/c1-2-12-23(29-25-19-9-10-20-28-25)17-8-7-14-22-16-11-15-21(22)13-5-3-4-6-18-24(26)27/h3-6,9-10,13,18-23,25H,2,7-8,11-12,14-17H2,1H3,(H,26,27)/t21-,22-,23?,25?/m0/s1. The summed E-state index contributed by atoms with van der Waals surface area (Å²) in [6, 6.07) is 0. The molecule has 2 unspecified atom stereocenters. The lowest BCUT2D eigenvalue weighted by molar-refractivity contribution is -0.131. The molecule has 29 heavy (non-hydrogen) atoms. The first-order valence-corrected chi connectivity index (χ1v) is 11.1. The van der Waals surface area contributed by atoms with E-state index in [4.69, 9.17) is 14.6 Å². The van der Waals surface area contributed by atoms with Gasteiger partial charge in [-0.05, 0) is 56.1 Å². The number of unbranched alkanes of at least 4 members (excludes halogenated alkanes) is 1. The minimum absolute atomic E-state index is 0.237. The Morgan fingerprint density at radius 1 is 1.17 bits per heavy atom. The van der Waals surface area contributed by atoms with Crippen LogP contribution in [0.2, 0.25) is 0 Å². The van der Waals surface area contributed by atoms with Crippen molar-refractivity contribution in [3.8, 4) is 0 Å². The number of hydrogen-bond acceptors (Lipinski definition) is 3. The van der Waals surface area contributed by atoms with Gasteiger partial charge in [0.25, 0.3) is 0 Å². The highest BCUT2D eigenvalue weighted by Crippen LogP contribution is 2.36. The molecule has 1 aliphatic heterocycles. The van der Waals surface area contributed by atoms with Crippen molar-refractivity contribution in [3.05, 3.63) is 60.9 Å². The van der Waals surface area contributed by atoms with Crippen LogP contribution in [0.15, 0.2) is 60.9 Å². The van der Waals surface area contributed by atoms with Gasteiger partial charge in [-0.2, -0.15) is 0 Å². The molecule has 0 bridgehead atoms. The van der Waals surface area contributed by atoms with Crippen LogP contribution in [0.5, 0.6) is 0 Å². The van der Waals surface area contributed by atoms with Gasteiger partial charge in [0.2, 0.25) is 6.29 Å². The van der Waals surface area contributed by atoms with Gasteiger partial charge in [0.1, 0.15) is 0 Å². The van der Waals surface area contributed by atoms with Gasteiger partial charge in [0, 0.05) is 6.08 Å². The van der Waals surface area contributed by atoms with Crippen LogP contribution in [0.3, 0.4) is 0 Å². The van der Waals surface area contributed by atoms with Gasteiger partial charge < -0.3 is 14.6 Å². The van der Waals surface area contributed by atoms with Crippen LogP contribution < -0.4 is 0 Å². The fourth-order valence-corrected chi connectivity index (χ4v) is 4.17. The molecule has 4 heteroatoms. The Morgan fingerprint density at radius 2 is 2.03 bits per heavy atom. The largest absolute Gasteiger partial charge is 0.478 e. The molecular formula is C25H36O4. The van der Waals surface area contributed by atoms with E-state index in [2.05, 4.69) is 19.1 Å². The van der Waals surface area contributed by atoms with E-state index in [1.807, 2.05) is 24.3 Å². The number of carboxylic acids is 1. The molecule has 0 amide bonds. The molecule has 0 saturated heterocycles. The SMILES string of the molecule is CCCC(CCCC[C@H]1CCC[C@@H]1C=CC=CC=CC(=O)O)OC1C=CC=CO1. The van der Waals surface area contributed by atoms with Crippen LogP contribution >= 0.6 is 0 Å².